The summed E-state index contributed by atoms with van der Waals surface area (Å²) in [6.45, 7) is 0. The molecule has 2 atom stereocenters. The van der Waals surface area contributed by atoms with E-state index in [9.17, 15) is 14.7 Å². The lowest BCUT2D eigenvalue weighted by molar-refractivity contribution is -0.212. The quantitative estimate of drug-likeness (QED) is 0.474. The van der Waals surface area contributed by atoms with Crippen molar-refractivity contribution < 1.29 is 28.9 Å². The molecule has 0 aromatic carbocycles. The van der Waals surface area contributed by atoms with Gasteiger partial charge in [0.05, 0.1) is 7.11 Å². The van der Waals surface area contributed by atoms with Crippen LogP contribution in [0.2, 0.25) is 0 Å². The molecule has 0 saturated heterocycles. The Kier molecular flexibility index (Phi) is 5.74. The average Bonchev–Trinajstić information content (AvgIpc) is 2.98. The van der Waals surface area contributed by atoms with Gasteiger partial charge in [0, 0.05) is 13.5 Å². The minimum Gasteiger partial charge on any atom is -0.465 e. The largest absolute Gasteiger partial charge is 0.465 e. The molecule has 0 fully saturated rings. The normalized spacial score (nSPS) is 33.2. The van der Waals surface area contributed by atoms with Crippen molar-refractivity contribution in [2.45, 2.75) is 44.0 Å². The van der Waals surface area contributed by atoms with Gasteiger partial charge < -0.3 is 19.3 Å². The first-order valence-corrected chi connectivity index (χ1v) is 7.66. The summed E-state index contributed by atoms with van der Waals surface area (Å²) in [6.07, 6.45) is 8.72. The van der Waals surface area contributed by atoms with Gasteiger partial charge in [0.25, 0.3) is 5.79 Å². The number of rotatable bonds is 2. The van der Waals surface area contributed by atoms with E-state index in [1.807, 2.05) is 12.2 Å². The number of hydrogen-bond donors (Lipinski definition) is 1. The van der Waals surface area contributed by atoms with Crippen molar-refractivity contribution in [2.75, 3.05) is 14.2 Å². The molecule has 2 heterocycles. The third-order valence-electron chi connectivity index (χ3n) is 3.99. The molecule has 23 heavy (non-hydrogen) atoms. The first-order valence-electron chi connectivity index (χ1n) is 7.66. The van der Waals surface area contributed by atoms with E-state index < -0.39 is 17.9 Å². The van der Waals surface area contributed by atoms with Crippen LogP contribution in [-0.4, -0.2) is 43.0 Å². The predicted molar refractivity (Wildman–Crippen MR) is 82.2 cm³/mol. The summed E-state index contributed by atoms with van der Waals surface area (Å²) >= 11 is 0. The van der Waals surface area contributed by atoms with E-state index in [4.69, 9.17) is 14.2 Å². The van der Waals surface area contributed by atoms with Crippen LogP contribution in [0.1, 0.15) is 32.1 Å². The molecule has 0 amide bonds. The van der Waals surface area contributed by atoms with Crippen molar-refractivity contribution in [3.05, 3.63) is 35.6 Å². The summed E-state index contributed by atoms with van der Waals surface area (Å²) in [7, 11) is 2.62. The Hall–Kier alpha value is -1.92. The fraction of sp³-hybridized carbons (Fsp3) is 0.529. The van der Waals surface area contributed by atoms with Crippen molar-refractivity contribution in [1.82, 2.24) is 0 Å². The molecule has 2 aliphatic heterocycles. The van der Waals surface area contributed by atoms with Crippen LogP contribution in [0.5, 0.6) is 0 Å². The number of allylic oxidation sites excluding steroid dienone is 3. The number of hydrogen-bond acceptors (Lipinski definition) is 6. The van der Waals surface area contributed by atoms with Gasteiger partial charge in [-0.15, -0.1) is 0 Å². The van der Waals surface area contributed by atoms with Crippen molar-refractivity contribution >= 4 is 11.8 Å². The number of esters is 1. The average molecular weight is 322 g/mol. The summed E-state index contributed by atoms with van der Waals surface area (Å²) in [4.78, 5) is 24.4. The van der Waals surface area contributed by atoms with Crippen LogP contribution in [-0.2, 0) is 23.8 Å². The van der Waals surface area contributed by atoms with Crippen LogP contribution in [0.4, 0.5) is 0 Å². The van der Waals surface area contributed by atoms with Gasteiger partial charge >= 0.3 is 5.97 Å². The standard InChI is InChI=1S/C17H22O6/c1-21-16(20)15-12(18)8-6-4-3-5-7-9-14(19)17(22-2)11-10-13(15)23-17/h3-4,10-11,14,19H,5-9H2,1-2H3/b4-3+,15-13+/t14-,17-/m0/s1. The van der Waals surface area contributed by atoms with E-state index in [2.05, 4.69) is 0 Å². The Bertz CT molecular complexity index is 559. The molecule has 0 radical (unpaired) electrons. The van der Waals surface area contributed by atoms with Crippen molar-refractivity contribution in [2.24, 2.45) is 0 Å². The zero-order valence-electron chi connectivity index (χ0n) is 13.4. The number of ether oxygens (including phenoxy) is 3. The van der Waals surface area contributed by atoms with Gasteiger partial charge in [-0.1, -0.05) is 12.2 Å². The van der Waals surface area contributed by atoms with E-state index in [1.165, 1.54) is 26.4 Å². The molecule has 0 spiro atoms. The van der Waals surface area contributed by atoms with Gasteiger partial charge in [0.2, 0.25) is 0 Å². The van der Waals surface area contributed by atoms with Gasteiger partial charge in [0.1, 0.15) is 17.4 Å². The van der Waals surface area contributed by atoms with Gasteiger partial charge in [-0.3, -0.25) is 4.79 Å². The van der Waals surface area contributed by atoms with Crippen LogP contribution in [0.25, 0.3) is 0 Å². The highest BCUT2D eigenvalue weighted by Gasteiger charge is 2.43. The number of fused-ring (bicyclic) bond motifs is 2. The summed E-state index contributed by atoms with van der Waals surface area (Å²) in [5.74, 6) is -2.42. The summed E-state index contributed by atoms with van der Waals surface area (Å²) in [5, 5.41) is 10.4. The van der Waals surface area contributed by atoms with Gasteiger partial charge in [0.15, 0.2) is 5.78 Å². The molecule has 0 aromatic heterocycles. The van der Waals surface area contributed by atoms with Crippen LogP contribution < -0.4 is 0 Å². The maximum absolute atomic E-state index is 12.4. The van der Waals surface area contributed by atoms with E-state index in [0.717, 1.165) is 12.8 Å². The third-order valence-corrected chi connectivity index (χ3v) is 3.99. The molecule has 0 aromatic rings. The molecule has 2 rings (SSSR count). The molecular formula is C17H22O6. The molecule has 0 aliphatic carbocycles. The first-order chi connectivity index (χ1) is 11.0. The second-order valence-corrected chi connectivity index (χ2v) is 5.47. The molecule has 2 aliphatic rings. The second kappa shape index (κ2) is 7.57. The molecule has 1 N–H and O–H groups in total. The highest BCUT2D eigenvalue weighted by molar-refractivity contribution is 6.18. The molecular weight excluding hydrogens is 300 g/mol. The SMILES string of the molecule is COC(=O)/C1=C2\C=C[C@](OC)(O2)[C@@H](O)CCC/C=C/CCC1=O. The van der Waals surface area contributed by atoms with Crippen molar-refractivity contribution in [3.8, 4) is 0 Å². The monoisotopic (exact) mass is 322 g/mol. The second-order valence-electron chi connectivity index (χ2n) is 5.47. The van der Waals surface area contributed by atoms with E-state index in [0.29, 0.717) is 12.8 Å². The zero-order chi connectivity index (χ0) is 16.9. The maximum Gasteiger partial charge on any atom is 0.345 e. The number of aliphatic hydroxyl groups excluding tert-OH is 1. The van der Waals surface area contributed by atoms with Crippen LogP contribution >= 0.6 is 0 Å². The van der Waals surface area contributed by atoms with Crippen molar-refractivity contribution in [1.29, 1.82) is 0 Å². The number of Topliss-reactive ketones (excluding diaryl/α,β-unsaturated/α-hetero) is 1. The highest BCUT2D eigenvalue weighted by Crippen LogP contribution is 2.34. The summed E-state index contributed by atoms with van der Waals surface area (Å²) < 4.78 is 15.7. The Morgan fingerprint density at radius 1 is 1.35 bits per heavy atom. The molecule has 126 valence electrons. The van der Waals surface area contributed by atoms with Crippen molar-refractivity contribution in [3.63, 3.8) is 0 Å². The lowest BCUT2D eigenvalue weighted by Crippen LogP contribution is -2.43. The summed E-state index contributed by atoms with van der Waals surface area (Å²) in [6, 6.07) is 0. The first kappa shape index (κ1) is 17.4. The van der Waals surface area contributed by atoms with Gasteiger partial charge in [-0.25, -0.2) is 4.79 Å². The maximum atomic E-state index is 12.4. The smallest absolute Gasteiger partial charge is 0.345 e. The fourth-order valence-electron chi connectivity index (χ4n) is 2.65. The Balaban J connectivity index is 2.42. The number of carbonyl (C=O) groups excluding carboxylic acids is 2. The van der Waals surface area contributed by atoms with Crippen LogP contribution in [0, 0.1) is 0 Å². The van der Waals surface area contributed by atoms with Gasteiger partial charge in [-0.05, 0) is 37.8 Å². The van der Waals surface area contributed by atoms with Gasteiger partial charge in [-0.2, -0.15) is 0 Å². The number of ketones is 1. The molecule has 0 unspecified atom stereocenters. The van der Waals surface area contributed by atoms with Crippen LogP contribution in [0.3, 0.4) is 0 Å². The number of carbonyl (C=O) groups is 2. The molecule has 0 saturated carbocycles. The lowest BCUT2D eigenvalue weighted by atomic mass is 10.0. The van der Waals surface area contributed by atoms with E-state index in [-0.39, 0.29) is 23.5 Å². The minimum absolute atomic E-state index is 0.0750. The molecule has 6 heteroatoms. The number of aliphatic hydroxyl groups is 1. The Morgan fingerprint density at radius 2 is 2.09 bits per heavy atom. The zero-order valence-corrected chi connectivity index (χ0v) is 13.4. The lowest BCUT2D eigenvalue weighted by Gasteiger charge is -2.31. The molecule has 6 nitrogen and oxygen atoms in total. The van der Waals surface area contributed by atoms with E-state index in [1.54, 1.807) is 0 Å². The predicted octanol–water partition coefficient (Wildman–Crippen LogP) is 1.79. The van der Waals surface area contributed by atoms with E-state index >= 15 is 0 Å². The Morgan fingerprint density at radius 3 is 2.78 bits per heavy atom. The fourth-order valence-corrected chi connectivity index (χ4v) is 2.65. The molecule has 2 bridgehead atoms. The highest BCUT2D eigenvalue weighted by atomic mass is 16.7. The van der Waals surface area contributed by atoms with Crippen LogP contribution in [0.15, 0.2) is 35.6 Å². The third kappa shape index (κ3) is 3.71. The Labute approximate surface area is 135 Å². The summed E-state index contributed by atoms with van der Waals surface area (Å²) in [5.41, 5.74) is -0.150. The topological polar surface area (TPSA) is 82.1 Å². The minimum atomic E-state index is -1.38. The number of methoxy groups -OCH3 is 2.